The van der Waals surface area contributed by atoms with E-state index in [2.05, 4.69) is 12.2 Å². The molecule has 0 aromatic heterocycles. The summed E-state index contributed by atoms with van der Waals surface area (Å²) in [5.41, 5.74) is 2.57. The molecule has 26 heavy (non-hydrogen) atoms. The third-order valence-electron chi connectivity index (χ3n) is 5.02. The third kappa shape index (κ3) is 4.72. The van der Waals surface area contributed by atoms with Crippen molar-refractivity contribution < 1.29 is 14.3 Å². The molecule has 1 saturated carbocycles. The second-order valence-corrected chi connectivity index (χ2v) is 6.96. The highest BCUT2D eigenvalue weighted by Gasteiger charge is 2.23. The SMILES string of the molecule is CC1CCCCC1NC(=O)COC(=O)c1ccc(-c2ccccc2)cc1. The normalized spacial score (nSPS) is 19.6. The van der Waals surface area contributed by atoms with Crippen molar-refractivity contribution in [2.45, 2.75) is 38.6 Å². The van der Waals surface area contributed by atoms with E-state index in [9.17, 15) is 9.59 Å². The fourth-order valence-electron chi connectivity index (χ4n) is 3.42. The lowest BCUT2D eigenvalue weighted by Crippen LogP contribution is -2.42. The van der Waals surface area contributed by atoms with Crippen LogP contribution in [0, 0.1) is 5.92 Å². The van der Waals surface area contributed by atoms with Crippen molar-refractivity contribution in [1.29, 1.82) is 0 Å². The highest BCUT2D eigenvalue weighted by atomic mass is 16.5. The first kappa shape index (κ1) is 18.2. The molecule has 0 spiro atoms. The van der Waals surface area contributed by atoms with Gasteiger partial charge in [-0.2, -0.15) is 0 Å². The molecule has 2 aromatic rings. The van der Waals surface area contributed by atoms with Gasteiger partial charge >= 0.3 is 5.97 Å². The van der Waals surface area contributed by atoms with Gasteiger partial charge in [-0.15, -0.1) is 0 Å². The third-order valence-corrected chi connectivity index (χ3v) is 5.02. The molecule has 4 nitrogen and oxygen atoms in total. The van der Waals surface area contributed by atoms with Crippen LogP contribution in [-0.2, 0) is 9.53 Å². The number of amides is 1. The summed E-state index contributed by atoms with van der Waals surface area (Å²) in [6, 6.07) is 17.4. The van der Waals surface area contributed by atoms with Crippen LogP contribution >= 0.6 is 0 Å². The molecule has 3 rings (SSSR count). The summed E-state index contributed by atoms with van der Waals surface area (Å²) in [6.45, 7) is 1.92. The first-order valence-corrected chi connectivity index (χ1v) is 9.25. The minimum Gasteiger partial charge on any atom is -0.452 e. The Morgan fingerprint density at radius 2 is 1.62 bits per heavy atom. The lowest BCUT2D eigenvalue weighted by atomic mass is 9.86. The van der Waals surface area contributed by atoms with Crippen molar-refractivity contribution in [3.05, 3.63) is 60.2 Å². The van der Waals surface area contributed by atoms with Gasteiger partial charge in [0.2, 0.25) is 0 Å². The van der Waals surface area contributed by atoms with Crippen LogP contribution in [0.25, 0.3) is 11.1 Å². The second-order valence-electron chi connectivity index (χ2n) is 6.96. The number of carbonyl (C=O) groups excluding carboxylic acids is 2. The van der Waals surface area contributed by atoms with Crippen LogP contribution in [0.4, 0.5) is 0 Å². The average Bonchev–Trinajstić information content (AvgIpc) is 2.69. The maximum atomic E-state index is 12.2. The maximum absolute atomic E-state index is 12.2. The van der Waals surface area contributed by atoms with Gasteiger partial charge < -0.3 is 10.1 Å². The highest BCUT2D eigenvalue weighted by molar-refractivity contribution is 5.91. The molecule has 0 aliphatic heterocycles. The Balaban J connectivity index is 1.51. The Morgan fingerprint density at radius 1 is 0.962 bits per heavy atom. The predicted molar refractivity (Wildman–Crippen MR) is 102 cm³/mol. The van der Waals surface area contributed by atoms with Crippen molar-refractivity contribution in [2.24, 2.45) is 5.92 Å². The number of hydrogen-bond acceptors (Lipinski definition) is 3. The van der Waals surface area contributed by atoms with Crippen LogP contribution in [0.3, 0.4) is 0 Å². The fraction of sp³-hybridized carbons (Fsp3) is 0.364. The van der Waals surface area contributed by atoms with Crippen molar-refractivity contribution in [3.8, 4) is 11.1 Å². The Labute approximate surface area is 154 Å². The zero-order valence-corrected chi connectivity index (χ0v) is 15.1. The summed E-state index contributed by atoms with van der Waals surface area (Å²) < 4.78 is 5.16. The van der Waals surface area contributed by atoms with Gasteiger partial charge in [0, 0.05) is 6.04 Å². The van der Waals surface area contributed by atoms with E-state index in [0.717, 1.165) is 30.4 Å². The van der Waals surface area contributed by atoms with Crippen molar-refractivity contribution in [3.63, 3.8) is 0 Å². The minimum absolute atomic E-state index is 0.195. The van der Waals surface area contributed by atoms with Gasteiger partial charge in [-0.25, -0.2) is 4.79 Å². The number of hydrogen-bond donors (Lipinski definition) is 1. The van der Waals surface area contributed by atoms with E-state index >= 15 is 0 Å². The molecule has 0 saturated heterocycles. The van der Waals surface area contributed by atoms with Gasteiger partial charge in [0.1, 0.15) is 0 Å². The molecule has 1 N–H and O–H groups in total. The van der Waals surface area contributed by atoms with E-state index < -0.39 is 5.97 Å². The minimum atomic E-state index is -0.476. The van der Waals surface area contributed by atoms with E-state index in [1.807, 2.05) is 42.5 Å². The Bertz CT molecular complexity index is 740. The van der Waals surface area contributed by atoms with Crippen LogP contribution < -0.4 is 5.32 Å². The summed E-state index contributed by atoms with van der Waals surface area (Å²) in [5, 5.41) is 2.99. The zero-order chi connectivity index (χ0) is 18.4. The largest absolute Gasteiger partial charge is 0.452 e. The monoisotopic (exact) mass is 351 g/mol. The number of nitrogens with one attached hydrogen (secondary N) is 1. The number of carbonyl (C=O) groups is 2. The Kier molecular flexibility index (Phi) is 6.05. The molecule has 0 heterocycles. The highest BCUT2D eigenvalue weighted by Crippen LogP contribution is 2.23. The van der Waals surface area contributed by atoms with E-state index in [-0.39, 0.29) is 18.6 Å². The van der Waals surface area contributed by atoms with E-state index in [1.54, 1.807) is 12.1 Å². The maximum Gasteiger partial charge on any atom is 0.338 e. The molecule has 2 atom stereocenters. The lowest BCUT2D eigenvalue weighted by Gasteiger charge is -2.29. The Morgan fingerprint density at radius 3 is 2.31 bits per heavy atom. The van der Waals surface area contributed by atoms with Crippen LogP contribution in [0.5, 0.6) is 0 Å². The number of benzene rings is 2. The summed E-state index contributed by atoms with van der Waals surface area (Å²) in [5.74, 6) is -0.219. The standard InChI is InChI=1S/C22H25NO3/c1-16-7-5-6-10-20(16)23-21(24)15-26-22(25)19-13-11-18(12-14-19)17-8-3-2-4-9-17/h2-4,8-9,11-14,16,20H,5-7,10,15H2,1H3,(H,23,24). The fourth-order valence-corrected chi connectivity index (χ4v) is 3.42. The molecule has 0 bridgehead atoms. The second kappa shape index (κ2) is 8.65. The quantitative estimate of drug-likeness (QED) is 0.821. The average molecular weight is 351 g/mol. The van der Waals surface area contributed by atoms with E-state index in [4.69, 9.17) is 4.74 Å². The molecule has 1 aliphatic rings. The van der Waals surface area contributed by atoms with E-state index in [0.29, 0.717) is 11.5 Å². The first-order valence-electron chi connectivity index (χ1n) is 9.25. The molecule has 1 amide bonds. The summed E-state index contributed by atoms with van der Waals surface area (Å²) in [4.78, 5) is 24.2. The number of rotatable bonds is 5. The van der Waals surface area contributed by atoms with Gasteiger partial charge in [0.05, 0.1) is 5.56 Å². The summed E-state index contributed by atoms with van der Waals surface area (Å²) in [7, 11) is 0. The van der Waals surface area contributed by atoms with Gasteiger partial charge in [0.15, 0.2) is 6.61 Å². The Hall–Kier alpha value is -2.62. The molecule has 4 heteroatoms. The summed E-state index contributed by atoms with van der Waals surface area (Å²) in [6.07, 6.45) is 4.50. The van der Waals surface area contributed by atoms with Gasteiger partial charge in [-0.05, 0) is 42.0 Å². The molecule has 0 radical (unpaired) electrons. The van der Waals surface area contributed by atoms with Crippen LogP contribution in [-0.4, -0.2) is 24.5 Å². The lowest BCUT2D eigenvalue weighted by molar-refractivity contribution is -0.125. The molecule has 2 aromatic carbocycles. The van der Waals surface area contributed by atoms with Gasteiger partial charge in [-0.1, -0.05) is 62.2 Å². The van der Waals surface area contributed by atoms with Crippen LogP contribution in [0.15, 0.2) is 54.6 Å². The number of ether oxygens (including phenoxy) is 1. The molecule has 2 unspecified atom stereocenters. The predicted octanol–water partition coefficient (Wildman–Crippen LogP) is 4.21. The molecular weight excluding hydrogens is 326 g/mol. The molecule has 1 aliphatic carbocycles. The molecule has 136 valence electrons. The van der Waals surface area contributed by atoms with Crippen molar-refractivity contribution >= 4 is 11.9 Å². The first-order chi connectivity index (χ1) is 12.6. The molecular formula is C22H25NO3. The van der Waals surface area contributed by atoms with Gasteiger partial charge in [-0.3, -0.25) is 4.79 Å². The summed E-state index contributed by atoms with van der Waals surface area (Å²) >= 11 is 0. The van der Waals surface area contributed by atoms with E-state index in [1.165, 1.54) is 6.42 Å². The zero-order valence-electron chi connectivity index (χ0n) is 15.1. The smallest absolute Gasteiger partial charge is 0.338 e. The van der Waals surface area contributed by atoms with Crippen LogP contribution in [0.1, 0.15) is 43.0 Å². The van der Waals surface area contributed by atoms with Crippen LogP contribution in [0.2, 0.25) is 0 Å². The molecule has 1 fully saturated rings. The number of esters is 1. The van der Waals surface area contributed by atoms with Crippen molar-refractivity contribution in [2.75, 3.05) is 6.61 Å². The van der Waals surface area contributed by atoms with Crippen molar-refractivity contribution in [1.82, 2.24) is 5.32 Å². The van der Waals surface area contributed by atoms with Gasteiger partial charge in [0.25, 0.3) is 5.91 Å². The topological polar surface area (TPSA) is 55.4 Å².